The number of hydrogen-bond acceptors (Lipinski definition) is 4. The highest BCUT2D eigenvalue weighted by Gasteiger charge is 2.35. The number of nitriles is 1. The maximum absolute atomic E-state index is 12.5. The van der Waals surface area contributed by atoms with E-state index < -0.39 is 21.2 Å². The van der Waals surface area contributed by atoms with Crippen molar-refractivity contribution in [3.63, 3.8) is 0 Å². The van der Waals surface area contributed by atoms with Crippen LogP contribution in [0.15, 0.2) is 18.2 Å². The van der Waals surface area contributed by atoms with Gasteiger partial charge in [-0.15, -0.1) is 0 Å². The van der Waals surface area contributed by atoms with Crippen LogP contribution in [0.1, 0.15) is 35.7 Å². The Kier molecular flexibility index (Phi) is 4.19. The maximum Gasteiger partial charge on any atom is 0.336 e. The van der Waals surface area contributed by atoms with Crippen molar-refractivity contribution in [2.75, 3.05) is 10.8 Å². The fraction of sp³-hybridized carbons (Fsp3) is 0.429. The van der Waals surface area contributed by atoms with Gasteiger partial charge in [0.25, 0.3) is 10.0 Å². The molecule has 1 aromatic rings. The molecule has 0 radical (unpaired) electrons. The number of carboxylic acid groups (broad SMARTS) is 1. The van der Waals surface area contributed by atoms with Crippen LogP contribution in [0, 0.1) is 11.3 Å². The normalized spacial score (nSPS) is 15.9. The lowest BCUT2D eigenvalue weighted by molar-refractivity contribution is 0.0695. The molecule has 0 aliphatic carbocycles. The van der Waals surface area contributed by atoms with Crippen molar-refractivity contribution in [3.8, 4) is 6.07 Å². The third-order valence-corrected chi connectivity index (χ3v) is 5.77. The van der Waals surface area contributed by atoms with E-state index in [9.17, 15) is 18.3 Å². The van der Waals surface area contributed by atoms with Gasteiger partial charge in [-0.25, -0.2) is 13.2 Å². The van der Waals surface area contributed by atoms with Crippen molar-refractivity contribution in [1.29, 1.82) is 5.26 Å². The molecule has 1 aliphatic rings. The highest BCUT2D eigenvalue weighted by atomic mass is 32.2. The first-order chi connectivity index (χ1) is 9.93. The summed E-state index contributed by atoms with van der Waals surface area (Å²) in [5, 5.41) is 17.1. The third kappa shape index (κ3) is 2.59. The minimum Gasteiger partial charge on any atom is -0.478 e. The molecule has 0 saturated heterocycles. The standard InChI is InChI=1S/C14H16N2O4S/c1-2-10(9-15)21(19,20)16-8-4-6-11-12(14(17)18)5-3-7-13(11)16/h3,5,7,10H,2,4,6,8H2,1H3,(H,17,18). The molecule has 0 spiro atoms. The predicted octanol–water partition coefficient (Wildman–Crippen LogP) is 1.77. The number of sulfonamides is 1. The Morgan fingerprint density at radius 1 is 1.52 bits per heavy atom. The average Bonchev–Trinajstić information content (AvgIpc) is 2.46. The van der Waals surface area contributed by atoms with Crippen LogP contribution in [0.5, 0.6) is 0 Å². The first-order valence-electron chi connectivity index (χ1n) is 6.69. The number of anilines is 1. The van der Waals surface area contributed by atoms with Crippen LogP contribution in [0.2, 0.25) is 0 Å². The summed E-state index contributed by atoms with van der Waals surface area (Å²) in [5.74, 6) is -1.07. The van der Waals surface area contributed by atoms with Crippen molar-refractivity contribution in [3.05, 3.63) is 29.3 Å². The summed E-state index contributed by atoms with van der Waals surface area (Å²) in [6, 6.07) is 6.41. The smallest absolute Gasteiger partial charge is 0.336 e. The van der Waals surface area contributed by atoms with E-state index >= 15 is 0 Å². The topological polar surface area (TPSA) is 98.5 Å². The van der Waals surface area contributed by atoms with Crippen LogP contribution in [0.4, 0.5) is 5.69 Å². The monoisotopic (exact) mass is 308 g/mol. The van der Waals surface area contributed by atoms with Crippen molar-refractivity contribution in [2.24, 2.45) is 0 Å². The molecule has 1 unspecified atom stereocenters. The molecule has 1 aromatic carbocycles. The number of rotatable bonds is 4. The van der Waals surface area contributed by atoms with E-state index in [0.29, 0.717) is 24.1 Å². The molecule has 1 heterocycles. The Balaban J connectivity index is 2.56. The molecule has 0 amide bonds. The lowest BCUT2D eigenvalue weighted by atomic mass is 9.98. The van der Waals surface area contributed by atoms with Gasteiger partial charge in [0.2, 0.25) is 0 Å². The van der Waals surface area contributed by atoms with Gasteiger partial charge in [0.05, 0.1) is 17.3 Å². The second kappa shape index (κ2) is 5.74. The Morgan fingerprint density at radius 2 is 2.24 bits per heavy atom. The molecule has 0 fully saturated rings. The molecule has 21 heavy (non-hydrogen) atoms. The second-order valence-electron chi connectivity index (χ2n) is 4.86. The van der Waals surface area contributed by atoms with Gasteiger partial charge in [-0.1, -0.05) is 13.0 Å². The molecule has 1 N–H and O–H groups in total. The van der Waals surface area contributed by atoms with E-state index in [4.69, 9.17) is 5.26 Å². The highest BCUT2D eigenvalue weighted by Crippen LogP contribution is 2.33. The largest absolute Gasteiger partial charge is 0.478 e. The summed E-state index contributed by atoms with van der Waals surface area (Å²) in [6.45, 7) is 1.92. The van der Waals surface area contributed by atoms with Gasteiger partial charge in [-0.3, -0.25) is 4.31 Å². The summed E-state index contributed by atoms with van der Waals surface area (Å²) in [7, 11) is -3.80. The molecule has 1 aliphatic heterocycles. The first kappa shape index (κ1) is 15.3. The Morgan fingerprint density at radius 3 is 2.81 bits per heavy atom. The summed E-state index contributed by atoms with van der Waals surface area (Å²) in [6.07, 6.45) is 1.26. The van der Waals surface area contributed by atoms with Crippen LogP contribution in [0.3, 0.4) is 0 Å². The lowest BCUT2D eigenvalue weighted by Gasteiger charge is -2.32. The molecule has 7 heteroatoms. The molecule has 6 nitrogen and oxygen atoms in total. The number of nitrogens with zero attached hydrogens (tertiary/aromatic N) is 2. The van der Waals surface area contributed by atoms with Crippen LogP contribution in [-0.4, -0.2) is 31.3 Å². The predicted molar refractivity (Wildman–Crippen MR) is 77.7 cm³/mol. The van der Waals surface area contributed by atoms with Crippen molar-refractivity contribution in [1.82, 2.24) is 0 Å². The summed E-state index contributed by atoms with van der Waals surface area (Å²) >= 11 is 0. The number of aromatic carboxylic acids is 1. The van der Waals surface area contributed by atoms with Crippen LogP contribution in [0.25, 0.3) is 0 Å². The van der Waals surface area contributed by atoms with Gasteiger partial charge in [-0.2, -0.15) is 5.26 Å². The fourth-order valence-electron chi connectivity index (χ4n) is 2.58. The SMILES string of the molecule is CCC(C#N)S(=O)(=O)N1CCCc2c(C(=O)O)cccc21. The summed E-state index contributed by atoms with van der Waals surface area (Å²) < 4.78 is 26.3. The Bertz CT molecular complexity index is 706. The van der Waals surface area contributed by atoms with E-state index in [-0.39, 0.29) is 18.5 Å². The van der Waals surface area contributed by atoms with Gasteiger partial charge in [-0.05, 0) is 37.0 Å². The number of benzene rings is 1. The van der Waals surface area contributed by atoms with Crippen molar-refractivity contribution < 1.29 is 18.3 Å². The summed E-state index contributed by atoms with van der Waals surface area (Å²) in [5.41, 5.74) is 1.03. The number of carbonyl (C=O) groups is 1. The lowest BCUT2D eigenvalue weighted by Crippen LogP contribution is -2.41. The first-order valence-corrected chi connectivity index (χ1v) is 8.20. The Hall–Kier alpha value is -2.07. The third-order valence-electron chi connectivity index (χ3n) is 3.62. The summed E-state index contributed by atoms with van der Waals surface area (Å²) in [4.78, 5) is 11.3. The number of carboxylic acids is 1. The van der Waals surface area contributed by atoms with Crippen LogP contribution < -0.4 is 4.31 Å². The van der Waals surface area contributed by atoms with E-state index in [1.165, 1.54) is 16.4 Å². The van der Waals surface area contributed by atoms with Gasteiger partial charge in [0.1, 0.15) is 0 Å². The zero-order valence-corrected chi connectivity index (χ0v) is 12.4. The van der Waals surface area contributed by atoms with Crippen LogP contribution in [-0.2, 0) is 16.4 Å². The van der Waals surface area contributed by atoms with Gasteiger partial charge < -0.3 is 5.11 Å². The van der Waals surface area contributed by atoms with Gasteiger partial charge in [0, 0.05) is 6.54 Å². The van der Waals surface area contributed by atoms with E-state index in [2.05, 4.69) is 0 Å². The fourth-order valence-corrected chi connectivity index (χ4v) is 4.27. The zero-order chi connectivity index (χ0) is 15.6. The van der Waals surface area contributed by atoms with E-state index in [0.717, 1.165) is 0 Å². The van der Waals surface area contributed by atoms with Crippen molar-refractivity contribution in [2.45, 2.75) is 31.4 Å². The highest BCUT2D eigenvalue weighted by molar-refractivity contribution is 7.93. The van der Waals surface area contributed by atoms with E-state index in [1.54, 1.807) is 13.0 Å². The van der Waals surface area contributed by atoms with Gasteiger partial charge >= 0.3 is 5.97 Å². The molecular formula is C14H16N2O4S. The average molecular weight is 308 g/mol. The molecule has 2 rings (SSSR count). The molecule has 0 aromatic heterocycles. The zero-order valence-electron chi connectivity index (χ0n) is 11.6. The minimum atomic E-state index is -3.80. The van der Waals surface area contributed by atoms with Crippen LogP contribution >= 0.6 is 0 Å². The molecule has 1 atom stereocenters. The molecule has 112 valence electrons. The second-order valence-corrected chi connectivity index (χ2v) is 6.89. The number of fused-ring (bicyclic) bond motifs is 1. The molecule has 0 bridgehead atoms. The molecule has 0 saturated carbocycles. The van der Waals surface area contributed by atoms with Crippen molar-refractivity contribution >= 4 is 21.7 Å². The minimum absolute atomic E-state index is 0.123. The quantitative estimate of drug-likeness (QED) is 0.914. The molecular weight excluding hydrogens is 292 g/mol. The Labute approximate surface area is 123 Å². The van der Waals surface area contributed by atoms with E-state index in [1.807, 2.05) is 6.07 Å². The number of hydrogen-bond donors (Lipinski definition) is 1. The maximum atomic E-state index is 12.5. The van der Waals surface area contributed by atoms with Gasteiger partial charge in [0.15, 0.2) is 5.25 Å².